The number of aromatic nitrogens is 1. The predicted molar refractivity (Wildman–Crippen MR) is 210 cm³/mol. The Hall–Kier alpha value is -3.64. The average molecular weight is 755 g/mol. The summed E-state index contributed by atoms with van der Waals surface area (Å²) in [6.07, 6.45) is 6.14. The summed E-state index contributed by atoms with van der Waals surface area (Å²) in [7, 11) is 6.50. The molecule has 1 aromatic heterocycles. The molecule has 11 heteroatoms. The molecule has 3 saturated heterocycles. The van der Waals surface area contributed by atoms with Gasteiger partial charge in [-0.3, -0.25) is 14.6 Å². The summed E-state index contributed by atoms with van der Waals surface area (Å²) in [5, 5.41) is 25.9. The highest BCUT2D eigenvalue weighted by molar-refractivity contribution is 5.94. The first kappa shape index (κ1) is 37.0. The van der Waals surface area contributed by atoms with Gasteiger partial charge >= 0.3 is 11.9 Å². The second kappa shape index (κ2) is 12.7. The van der Waals surface area contributed by atoms with Gasteiger partial charge in [0, 0.05) is 72.1 Å². The van der Waals surface area contributed by atoms with Crippen LogP contribution in [0.15, 0.2) is 36.4 Å². The molecule has 0 amide bonds. The average Bonchev–Trinajstić information content (AvgIpc) is 3.85. The molecule has 1 spiro atoms. The number of nitrogens with one attached hydrogen (secondary N) is 1. The molecule has 3 N–H and O–H groups in total. The fraction of sp³-hybridized carbons (Fsp3) is 0.636. The van der Waals surface area contributed by atoms with Crippen molar-refractivity contribution in [3.63, 3.8) is 0 Å². The summed E-state index contributed by atoms with van der Waals surface area (Å²) in [5.41, 5.74) is 0.612. The Labute approximate surface area is 324 Å². The fourth-order valence-electron chi connectivity index (χ4n) is 13.6. The first-order chi connectivity index (χ1) is 26.4. The van der Waals surface area contributed by atoms with Crippen molar-refractivity contribution in [1.29, 1.82) is 0 Å². The highest BCUT2D eigenvalue weighted by Gasteiger charge is 2.76. The van der Waals surface area contributed by atoms with E-state index in [-0.39, 0.29) is 23.3 Å². The maximum Gasteiger partial charge on any atom is 0.340 e. The molecule has 0 radical (unpaired) electrons. The second-order valence-corrected chi connectivity index (χ2v) is 18.0. The van der Waals surface area contributed by atoms with Gasteiger partial charge in [-0.05, 0) is 105 Å². The van der Waals surface area contributed by atoms with Crippen molar-refractivity contribution in [2.24, 2.45) is 11.3 Å². The first-order valence-corrected chi connectivity index (χ1v) is 20.5. The molecule has 4 fully saturated rings. The lowest BCUT2D eigenvalue weighted by Gasteiger charge is -2.62. The van der Waals surface area contributed by atoms with Gasteiger partial charge in [-0.25, -0.2) is 4.79 Å². The van der Waals surface area contributed by atoms with Crippen molar-refractivity contribution in [3.8, 4) is 5.75 Å². The van der Waals surface area contributed by atoms with Gasteiger partial charge in [0.15, 0.2) is 5.60 Å². The number of rotatable bonds is 6. The lowest BCUT2D eigenvalue weighted by Crippen LogP contribution is -2.75. The molecule has 6 aliphatic rings. The minimum absolute atomic E-state index is 0.0335. The molecule has 9 atom stereocenters. The lowest BCUT2D eigenvalue weighted by atomic mass is 9.48. The van der Waals surface area contributed by atoms with Crippen LogP contribution in [-0.4, -0.2) is 121 Å². The summed E-state index contributed by atoms with van der Waals surface area (Å²) in [6.45, 7) is 8.20. The monoisotopic (exact) mass is 754 g/mol. The molecule has 1 saturated carbocycles. The Morgan fingerprint density at radius 2 is 1.71 bits per heavy atom. The summed E-state index contributed by atoms with van der Waals surface area (Å²) in [6, 6.07) is 12.0. The zero-order valence-corrected chi connectivity index (χ0v) is 33.4. The van der Waals surface area contributed by atoms with Crippen LogP contribution in [0.4, 0.5) is 5.69 Å². The number of carbonyl (C=O) groups excluding carboxylic acids is 2. The van der Waals surface area contributed by atoms with Crippen LogP contribution in [0.3, 0.4) is 0 Å². The standard InChI is InChI=1S/C44H58N4O7/c1-7-40-15-11-17-48-19-16-42(36(40)48)30-20-31(34(53-4)21-33(30)46(3)37(42)44(52,25-40)39(50)55-6)43(38(49)54-5)23-27-22-41(51,8-2)26-47(24-27)18-14-29-28-12-9-10-13-32(28)45-35(29)43/h9-10,12-13,20-21,27,36-37,45,51-52H,7-8,11,14-19,22-26H2,1-6H3/t27-,36-,37+,40-,41-,42+,43-,44+/m0/s1. The van der Waals surface area contributed by atoms with E-state index < -0.39 is 34.0 Å². The van der Waals surface area contributed by atoms with Gasteiger partial charge in [0.1, 0.15) is 11.2 Å². The first-order valence-electron chi connectivity index (χ1n) is 20.5. The number of fused-ring (bicyclic) bond motifs is 6. The van der Waals surface area contributed by atoms with Crippen LogP contribution in [0.5, 0.6) is 5.75 Å². The van der Waals surface area contributed by atoms with Crippen LogP contribution in [0, 0.1) is 11.3 Å². The van der Waals surface area contributed by atoms with Crippen LogP contribution < -0.4 is 9.64 Å². The van der Waals surface area contributed by atoms with Gasteiger partial charge < -0.3 is 34.3 Å². The van der Waals surface area contributed by atoms with E-state index >= 15 is 4.79 Å². The van der Waals surface area contributed by atoms with Crippen molar-refractivity contribution in [2.45, 2.75) is 106 Å². The van der Waals surface area contributed by atoms with E-state index in [2.05, 4.69) is 44.8 Å². The topological polar surface area (TPSA) is 128 Å². The fourth-order valence-corrected chi connectivity index (χ4v) is 13.6. The molecule has 55 heavy (non-hydrogen) atoms. The summed E-state index contributed by atoms with van der Waals surface area (Å²) < 4.78 is 17.8. The van der Waals surface area contributed by atoms with Crippen LogP contribution in [0.2, 0.25) is 0 Å². The molecule has 296 valence electrons. The summed E-state index contributed by atoms with van der Waals surface area (Å²) >= 11 is 0. The van der Waals surface area contributed by atoms with Gasteiger partial charge in [-0.2, -0.15) is 0 Å². The number of esters is 2. The molecule has 11 nitrogen and oxygen atoms in total. The Morgan fingerprint density at radius 3 is 2.44 bits per heavy atom. The lowest BCUT2D eigenvalue weighted by molar-refractivity contribution is -0.188. The third-order valence-electron chi connectivity index (χ3n) is 15.6. The Morgan fingerprint density at radius 1 is 0.927 bits per heavy atom. The third kappa shape index (κ3) is 4.82. The van der Waals surface area contributed by atoms with Gasteiger partial charge in [0.25, 0.3) is 0 Å². The third-order valence-corrected chi connectivity index (χ3v) is 15.6. The predicted octanol–water partition coefficient (Wildman–Crippen LogP) is 4.67. The number of likely N-dealkylation sites (N-methyl/N-ethyl adjacent to an activating group) is 1. The minimum Gasteiger partial charge on any atom is -0.496 e. The smallest absolute Gasteiger partial charge is 0.340 e. The SMILES string of the molecule is CC[C@]1(O)C[C@@H]2CN(CCc3c([nH]c4ccccc34)[C@@](C(=O)OC)(c3cc4c(cc3OC)N(C)[C@@H]3[C@]45CCN4CCC[C@@](CC)(C[C@]3(O)C(=O)OC)[C@H]45)C2)C1. The van der Waals surface area contributed by atoms with Gasteiger partial charge in [-0.1, -0.05) is 32.0 Å². The van der Waals surface area contributed by atoms with E-state index in [4.69, 9.17) is 14.2 Å². The van der Waals surface area contributed by atoms with E-state index in [1.807, 2.05) is 32.2 Å². The van der Waals surface area contributed by atoms with E-state index in [1.165, 1.54) is 14.2 Å². The maximum absolute atomic E-state index is 15.2. The number of ether oxygens (including phenoxy) is 3. The van der Waals surface area contributed by atoms with Gasteiger partial charge in [-0.15, -0.1) is 0 Å². The normalized spacial score (nSPS) is 37.9. The number of piperidine rings is 2. The zero-order valence-electron chi connectivity index (χ0n) is 33.4. The number of methoxy groups -OCH3 is 3. The number of H-pyrrole nitrogens is 1. The van der Waals surface area contributed by atoms with E-state index in [9.17, 15) is 15.0 Å². The number of para-hydroxylation sites is 1. The molecule has 5 aliphatic heterocycles. The maximum atomic E-state index is 15.2. The number of aliphatic hydroxyl groups is 2. The molecular weight excluding hydrogens is 697 g/mol. The molecule has 9 rings (SSSR count). The number of benzene rings is 2. The number of anilines is 1. The molecule has 6 heterocycles. The Balaban J connectivity index is 1.35. The van der Waals surface area contributed by atoms with E-state index in [0.717, 1.165) is 90.8 Å². The summed E-state index contributed by atoms with van der Waals surface area (Å²) in [4.78, 5) is 40.2. The molecule has 3 aromatic rings. The number of carbonyl (C=O) groups is 2. The highest BCUT2D eigenvalue weighted by Crippen LogP contribution is 2.68. The number of hydrogen-bond acceptors (Lipinski definition) is 10. The summed E-state index contributed by atoms with van der Waals surface area (Å²) in [5.74, 6) is -0.445. The number of aromatic amines is 1. The Kier molecular flexibility index (Phi) is 8.52. The minimum atomic E-state index is -1.76. The van der Waals surface area contributed by atoms with Crippen molar-refractivity contribution in [2.75, 3.05) is 66.0 Å². The van der Waals surface area contributed by atoms with E-state index in [1.54, 1.807) is 7.11 Å². The van der Waals surface area contributed by atoms with Gasteiger partial charge in [0.2, 0.25) is 0 Å². The largest absolute Gasteiger partial charge is 0.496 e. The van der Waals surface area contributed by atoms with Crippen LogP contribution >= 0.6 is 0 Å². The van der Waals surface area contributed by atoms with Crippen LogP contribution in [0.25, 0.3) is 10.9 Å². The quantitative estimate of drug-likeness (QED) is 0.306. The number of hydrogen-bond donors (Lipinski definition) is 3. The molecule has 2 aromatic carbocycles. The second-order valence-electron chi connectivity index (χ2n) is 18.0. The molecule has 1 aliphatic carbocycles. The van der Waals surface area contributed by atoms with Crippen molar-refractivity contribution in [3.05, 3.63) is 58.8 Å². The molecule has 2 bridgehead atoms. The van der Waals surface area contributed by atoms with Crippen LogP contribution in [0.1, 0.15) is 87.6 Å². The molecule has 1 unspecified atom stereocenters. The Bertz CT molecular complexity index is 2050. The van der Waals surface area contributed by atoms with Crippen molar-refractivity contribution in [1.82, 2.24) is 14.8 Å². The van der Waals surface area contributed by atoms with Gasteiger partial charge in [0.05, 0.1) is 33.0 Å². The van der Waals surface area contributed by atoms with Crippen molar-refractivity contribution < 1.29 is 34.0 Å². The highest BCUT2D eigenvalue weighted by atomic mass is 16.5. The van der Waals surface area contributed by atoms with E-state index in [0.29, 0.717) is 44.4 Å². The molecular formula is C44H58N4O7. The number of nitrogens with zero attached hydrogens (tertiary/aromatic N) is 3. The van der Waals surface area contributed by atoms with Crippen LogP contribution in [-0.2, 0) is 36.3 Å². The zero-order chi connectivity index (χ0) is 38.7. The van der Waals surface area contributed by atoms with Crippen molar-refractivity contribution >= 4 is 28.5 Å².